The maximum Gasteiger partial charge on any atom is 0.0931 e. The maximum absolute atomic E-state index is 5.85. The number of rotatable bonds is 6. The molecule has 1 aromatic rings. The molecule has 0 spiro atoms. The Morgan fingerprint density at radius 3 is 2.86 bits per heavy atom. The first kappa shape index (κ1) is 10.5. The number of hydrogen-bond acceptors (Lipinski definition) is 2. The maximum atomic E-state index is 5.85. The molecule has 1 N–H and O–H groups in total. The fraction of sp³-hybridized carbons (Fsp3) is 0.636. The summed E-state index contributed by atoms with van der Waals surface area (Å²) in [6.45, 7) is 2.27. The van der Waals surface area contributed by atoms with Crippen LogP contribution in [0.25, 0.3) is 0 Å². The predicted molar refractivity (Wildman–Crippen MR) is 63.2 cm³/mol. The van der Waals surface area contributed by atoms with Crippen LogP contribution in [0.2, 0.25) is 4.34 Å². The Morgan fingerprint density at radius 2 is 2.21 bits per heavy atom. The van der Waals surface area contributed by atoms with E-state index in [0.29, 0.717) is 0 Å². The van der Waals surface area contributed by atoms with E-state index in [2.05, 4.69) is 11.4 Å². The summed E-state index contributed by atoms with van der Waals surface area (Å²) in [7, 11) is 0. The van der Waals surface area contributed by atoms with Crippen molar-refractivity contribution in [1.82, 2.24) is 5.32 Å². The summed E-state index contributed by atoms with van der Waals surface area (Å²) in [5, 5.41) is 3.48. The highest BCUT2D eigenvalue weighted by Gasteiger charge is 2.19. The smallest absolute Gasteiger partial charge is 0.0931 e. The van der Waals surface area contributed by atoms with Crippen LogP contribution in [0.15, 0.2) is 12.1 Å². The first-order valence-corrected chi connectivity index (χ1v) is 6.49. The second-order valence-corrected chi connectivity index (χ2v) is 5.74. The van der Waals surface area contributed by atoms with Gasteiger partial charge in [-0.3, -0.25) is 0 Å². The van der Waals surface area contributed by atoms with Gasteiger partial charge in [0.05, 0.1) is 4.34 Å². The quantitative estimate of drug-likeness (QED) is 0.738. The number of halogens is 1. The Hall–Kier alpha value is -0.0500. The lowest BCUT2D eigenvalue weighted by atomic mass is 10.3. The van der Waals surface area contributed by atoms with Crippen LogP contribution in [0, 0.1) is 5.92 Å². The SMILES string of the molecule is Clc1ccc(CCNCCC2CC2)s1. The van der Waals surface area contributed by atoms with Gasteiger partial charge in [-0.2, -0.15) is 0 Å². The molecule has 0 unspecified atom stereocenters. The molecule has 1 saturated carbocycles. The molecule has 0 saturated heterocycles. The van der Waals surface area contributed by atoms with Crippen LogP contribution in [0.5, 0.6) is 0 Å². The largest absolute Gasteiger partial charge is 0.316 e. The van der Waals surface area contributed by atoms with Crippen molar-refractivity contribution in [1.29, 1.82) is 0 Å². The fourth-order valence-electron chi connectivity index (χ4n) is 1.54. The molecule has 1 nitrogen and oxygen atoms in total. The Bertz CT molecular complexity index is 281. The fourth-order valence-corrected chi connectivity index (χ4v) is 2.62. The minimum absolute atomic E-state index is 0.901. The van der Waals surface area contributed by atoms with Gasteiger partial charge in [0, 0.05) is 4.88 Å². The van der Waals surface area contributed by atoms with Crippen molar-refractivity contribution in [2.45, 2.75) is 25.7 Å². The van der Waals surface area contributed by atoms with Gasteiger partial charge in [0.15, 0.2) is 0 Å². The van der Waals surface area contributed by atoms with Gasteiger partial charge in [0.1, 0.15) is 0 Å². The molecular weight excluding hydrogens is 214 g/mol. The zero-order valence-electron chi connectivity index (χ0n) is 8.26. The van der Waals surface area contributed by atoms with Gasteiger partial charge in [-0.1, -0.05) is 24.4 Å². The summed E-state index contributed by atoms with van der Waals surface area (Å²) in [6.07, 6.45) is 5.40. The summed E-state index contributed by atoms with van der Waals surface area (Å²) in [5.74, 6) is 1.04. The first-order valence-electron chi connectivity index (χ1n) is 5.29. The monoisotopic (exact) mass is 229 g/mol. The third-order valence-corrected chi connectivity index (χ3v) is 3.89. The molecule has 14 heavy (non-hydrogen) atoms. The molecule has 1 heterocycles. The van der Waals surface area contributed by atoms with Crippen molar-refractivity contribution in [3.63, 3.8) is 0 Å². The summed E-state index contributed by atoms with van der Waals surface area (Å²) in [6, 6.07) is 4.10. The van der Waals surface area contributed by atoms with E-state index in [1.54, 1.807) is 11.3 Å². The third-order valence-electron chi connectivity index (χ3n) is 2.60. The minimum atomic E-state index is 0.901. The van der Waals surface area contributed by atoms with Crippen LogP contribution in [0.3, 0.4) is 0 Å². The van der Waals surface area contributed by atoms with Gasteiger partial charge < -0.3 is 5.32 Å². The van der Waals surface area contributed by atoms with E-state index in [1.165, 1.54) is 30.7 Å². The molecule has 1 aromatic heterocycles. The van der Waals surface area contributed by atoms with Crippen LogP contribution < -0.4 is 5.32 Å². The summed E-state index contributed by atoms with van der Waals surface area (Å²) in [4.78, 5) is 1.38. The van der Waals surface area contributed by atoms with Crippen molar-refractivity contribution >= 4 is 22.9 Å². The van der Waals surface area contributed by atoms with E-state index in [9.17, 15) is 0 Å². The van der Waals surface area contributed by atoms with E-state index in [-0.39, 0.29) is 0 Å². The van der Waals surface area contributed by atoms with E-state index < -0.39 is 0 Å². The molecule has 0 aromatic carbocycles. The van der Waals surface area contributed by atoms with Crippen LogP contribution in [-0.4, -0.2) is 13.1 Å². The Kier molecular flexibility index (Phi) is 3.85. The van der Waals surface area contributed by atoms with E-state index >= 15 is 0 Å². The molecule has 0 aliphatic heterocycles. The van der Waals surface area contributed by atoms with Crippen molar-refractivity contribution in [2.75, 3.05) is 13.1 Å². The van der Waals surface area contributed by atoms with Crippen molar-refractivity contribution < 1.29 is 0 Å². The summed E-state index contributed by atoms with van der Waals surface area (Å²) < 4.78 is 0.901. The highest BCUT2D eigenvalue weighted by molar-refractivity contribution is 7.16. The third kappa shape index (κ3) is 3.60. The average Bonchev–Trinajstić information content (AvgIpc) is 2.89. The second kappa shape index (κ2) is 5.15. The molecule has 78 valence electrons. The lowest BCUT2D eigenvalue weighted by Gasteiger charge is -2.01. The molecule has 0 radical (unpaired) electrons. The van der Waals surface area contributed by atoms with Crippen LogP contribution in [0.4, 0.5) is 0 Å². The topological polar surface area (TPSA) is 12.0 Å². The van der Waals surface area contributed by atoms with Crippen LogP contribution >= 0.6 is 22.9 Å². The van der Waals surface area contributed by atoms with Gasteiger partial charge in [-0.05, 0) is 44.0 Å². The van der Waals surface area contributed by atoms with Gasteiger partial charge in [-0.25, -0.2) is 0 Å². The molecule has 2 rings (SSSR count). The van der Waals surface area contributed by atoms with E-state index in [1.807, 2.05) is 6.07 Å². The second-order valence-electron chi connectivity index (χ2n) is 3.94. The summed E-state index contributed by atoms with van der Waals surface area (Å²) >= 11 is 7.54. The Morgan fingerprint density at radius 1 is 1.36 bits per heavy atom. The highest BCUT2D eigenvalue weighted by atomic mass is 35.5. The van der Waals surface area contributed by atoms with Gasteiger partial charge in [0.2, 0.25) is 0 Å². The molecular formula is C11H16ClNS. The number of hydrogen-bond donors (Lipinski definition) is 1. The molecule has 1 aliphatic rings. The van der Waals surface area contributed by atoms with E-state index in [4.69, 9.17) is 11.6 Å². The van der Waals surface area contributed by atoms with E-state index in [0.717, 1.165) is 23.2 Å². The summed E-state index contributed by atoms with van der Waals surface area (Å²) in [5.41, 5.74) is 0. The highest BCUT2D eigenvalue weighted by Crippen LogP contribution is 2.31. The Balaban J connectivity index is 1.53. The molecule has 0 bridgehead atoms. The van der Waals surface area contributed by atoms with Gasteiger partial charge >= 0.3 is 0 Å². The van der Waals surface area contributed by atoms with Crippen LogP contribution in [-0.2, 0) is 6.42 Å². The average molecular weight is 230 g/mol. The molecule has 0 amide bonds. The number of nitrogens with one attached hydrogen (secondary N) is 1. The Labute approximate surface area is 94.5 Å². The van der Waals surface area contributed by atoms with Gasteiger partial charge in [-0.15, -0.1) is 11.3 Å². The normalized spacial score (nSPS) is 16.1. The molecule has 0 atom stereocenters. The molecule has 3 heteroatoms. The van der Waals surface area contributed by atoms with Crippen molar-refractivity contribution in [2.24, 2.45) is 5.92 Å². The van der Waals surface area contributed by atoms with Crippen molar-refractivity contribution in [3.8, 4) is 0 Å². The number of thiophene rings is 1. The van der Waals surface area contributed by atoms with Gasteiger partial charge in [0.25, 0.3) is 0 Å². The molecule has 1 aliphatic carbocycles. The minimum Gasteiger partial charge on any atom is -0.316 e. The zero-order valence-corrected chi connectivity index (χ0v) is 9.83. The lowest BCUT2D eigenvalue weighted by Crippen LogP contribution is -2.18. The zero-order chi connectivity index (χ0) is 9.80. The lowest BCUT2D eigenvalue weighted by molar-refractivity contribution is 0.614. The molecule has 1 fully saturated rings. The standard InChI is InChI=1S/C11H16ClNS/c12-11-4-3-10(14-11)6-8-13-7-5-9-1-2-9/h3-4,9,13H,1-2,5-8H2. The van der Waals surface area contributed by atoms with Crippen molar-refractivity contribution in [3.05, 3.63) is 21.3 Å². The predicted octanol–water partition coefficient (Wildman–Crippen LogP) is 3.33. The van der Waals surface area contributed by atoms with Crippen LogP contribution in [0.1, 0.15) is 24.1 Å². The first-order chi connectivity index (χ1) is 6.84.